The van der Waals surface area contributed by atoms with Crippen LogP contribution < -0.4 is 0 Å². The van der Waals surface area contributed by atoms with E-state index in [-0.39, 0.29) is 29.6 Å². The molecule has 0 fully saturated rings. The topological polar surface area (TPSA) is 12.4 Å². The molecule has 0 amide bonds. The van der Waals surface area contributed by atoms with E-state index >= 15 is 0 Å². The molecular formula is C5H5NNaS. The second-order valence-electron chi connectivity index (χ2n) is 1.07. The van der Waals surface area contributed by atoms with Crippen molar-refractivity contribution in [3.8, 4) is 0 Å². The van der Waals surface area contributed by atoms with Gasteiger partial charge in [-0.1, -0.05) is 12.2 Å². The zero-order valence-corrected chi connectivity index (χ0v) is 7.56. The Morgan fingerprint density at radius 1 is 1.12 bits per heavy atom. The molecule has 0 spiro atoms. The van der Waals surface area contributed by atoms with Crippen molar-refractivity contribution < 1.29 is 0 Å². The summed E-state index contributed by atoms with van der Waals surface area (Å²) in [5.41, 5.74) is 0. The van der Waals surface area contributed by atoms with Crippen LogP contribution in [0.25, 0.3) is 0 Å². The van der Waals surface area contributed by atoms with Gasteiger partial charge < -0.3 is 0 Å². The average Bonchev–Trinajstić information content (AvgIpc) is 1.90. The molecule has 0 atom stereocenters. The molecule has 8 heavy (non-hydrogen) atoms. The van der Waals surface area contributed by atoms with Gasteiger partial charge in [-0.05, 0) is 11.5 Å². The van der Waals surface area contributed by atoms with E-state index in [9.17, 15) is 0 Å². The van der Waals surface area contributed by atoms with Crippen LogP contribution in [0.2, 0.25) is 0 Å². The fourth-order valence-electron chi connectivity index (χ4n) is 0.300. The zero-order chi connectivity index (χ0) is 4.95. The fraction of sp³-hybridized carbons (Fsp3) is 0. The number of allylic oxidation sites excluding steroid dienone is 3. The summed E-state index contributed by atoms with van der Waals surface area (Å²) in [5.74, 6) is 0. The monoisotopic (exact) mass is 134 g/mol. The van der Waals surface area contributed by atoms with Gasteiger partial charge in [0, 0.05) is 47.7 Å². The molecule has 0 saturated carbocycles. The molecule has 1 heterocycles. The van der Waals surface area contributed by atoms with Crippen molar-refractivity contribution in [2.75, 3.05) is 0 Å². The quantitative estimate of drug-likeness (QED) is 0.360. The minimum atomic E-state index is 0. The van der Waals surface area contributed by atoms with Crippen LogP contribution in [0.3, 0.4) is 0 Å². The van der Waals surface area contributed by atoms with Gasteiger partial charge in [-0.15, -0.1) is 0 Å². The molecule has 0 unspecified atom stereocenters. The third-order valence-electron chi connectivity index (χ3n) is 0.569. The molecular weight excluding hydrogens is 129 g/mol. The van der Waals surface area contributed by atoms with E-state index in [1.54, 1.807) is 6.21 Å². The van der Waals surface area contributed by atoms with E-state index in [0.717, 1.165) is 0 Å². The molecule has 1 nitrogen and oxygen atoms in total. The van der Waals surface area contributed by atoms with Crippen molar-refractivity contribution >= 4 is 47.7 Å². The van der Waals surface area contributed by atoms with E-state index in [4.69, 9.17) is 0 Å². The fourth-order valence-corrected chi connectivity index (χ4v) is 0.672. The molecule has 0 aromatic carbocycles. The zero-order valence-electron chi connectivity index (χ0n) is 4.74. The summed E-state index contributed by atoms with van der Waals surface area (Å²) in [5, 5.41) is 1.93. The molecule has 0 aliphatic carbocycles. The Hall–Kier alpha value is 0.500. The number of rotatable bonds is 0. The van der Waals surface area contributed by atoms with E-state index in [1.165, 1.54) is 11.9 Å². The Morgan fingerprint density at radius 3 is 2.88 bits per heavy atom. The third kappa shape index (κ3) is 3.50. The van der Waals surface area contributed by atoms with Crippen molar-refractivity contribution in [1.82, 2.24) is 0 Å². The minimum Gasteiger partial charge on any atom is -0.220 e. The van der Waals surface area contributed by atoms with E-state index in [1.807, 2.05) is 23.6 Å². The van der Waals surface area contributed by atoms with Gasteiger partial charge in [-0.25, -0.2) is 4.40 Å². The first-order chi connectivity index (χ1) is 3.50. The Bertz CT molecular complexity index is 114. The van der Waals surface area contributed by atoms with Crippen LogP contribution in [0, 0.1) is 0 Å². The van der Waals surface area contributed by atoms with Crippen molar-refractivity contribution in [3.63, 3.8) is 0 Å². The molecule has 0 N–H and O–H groups in total. The number of hydrogen-bond acceptors (Lipinski definition) is 2. The van der Waals surface area contributed by atoms with Crippen LogP contribution in [0.1, 0.15) is 0 Å². The minimum absolute atomic E-state index is 0. The van der Waals surface area contributed by atoms with Crippen LogP contribution in [-0.4, -0.2) is 35.8 Å². The molecule has 0 bridgehead atoms. The summed E-state index contributed by atoms with van der Waals surface area (Å²) in [6.45, 7) is 0. The molecule has 0 aromatic rings. The summed E-state index contributed by atoms with van der Waals surface area (Å²) >= 11 is 1.44. The van der Waals surface area contributed by atoms with Crippen LogP contribution in [0.15, 0.2) is 28.0 Å². The van der Waals surface area contributed by atoms with Gasteiger partial charge in [-0.3, -0.25) is 0 Å². The molecule has 1 aliphatic heterocycles. The Balaban J connectivity index is 0.000000490. The summed E-state index contributed by atoms with van der Waals surface area (Å²) in [4.78, 5) is 0. The normalized spacial score (nSPS) is 15.0. The maximum absolute atomic E-state index is 3.89. The van der Waals surface area contributed by atoms with Gasteiger partial charge >= 0.3 is 0 Å². The van der Waals surface area contributed by atoms with E-state index in [2.05, 4.69) is 4.40 Å². The summed E-state index contributed by atoms with van der Waals surface area (Å²) < 4.78 is 3.89. The van der Waals surface area contributed by atoms with Gasteiger partial charge in [0.25, 0.3) is 0 Å². The molecule has 37 valence electrons. The maximum Gasteiger partial charge on any atom is 0.0355 e. The first kappa shape index (κ1) is 8.50. The van der Waals surface area contributed by atoms with Gasteiger partial charge in [0.15, 0.2) is 0 Å². The predicted molar refractivity (Wildman–Crippen MR) is 40.1 cm³/mol. The summed E-state index contributed by atoms with van der Waals surface area (Å²) in [6.07, 6.45) is 7.57. The van der Waals surface area contributed by atoms with Gasteiger partial charge in [-0.2, -0.15) is 0 Å². The third-order valence-corrected chi connectivity index (χ3v) is 1.09. The summed E-state index contributed by atoms with van der Waals surface area (Å²) in [6, 6.07) is 0. The van der Waals surface area contributed by atoms with Gasteiger partial charge in [0.1, 0.15) is 0 Å². The van der Waals surface area contributed by atoms with E-state index in [0.29, 0.717) is 0 Å². The van der Waals surface area contributed by atoms with Crippen molar-refractivity contribution in [3.05, 3.63) is 23.6 Å². The summed E-state index contributed by atoms with van der Waals surface area (Å²) in [7, 11) is 0. The smallest absolute Gasteiger partial charge is 0.0355 e. The molecule has 1 radical (unpaired) electrons. The molecule has 1 aliphatic rings. The molecule has 1 rings (SSSR count). The van der Waals surface area contributed by atoms with Crippen LogP contribution in [-0.2, 0) is 0 Å². The van der Waals surface area contributed by atoms with Gasteiger partial charge in [0.05, 0.1) is 0 Å². The van der Waals surface area contributed by atoms with Crippen molar-refractivity contribution in [1.29, 1.82) is 0 Å². The Labute approximate surface area is 75.4 Å². The van der Waals surface area contributed by atoms with Crippen LogP contribution in [0.5, 0.6) is 0 Å². The van der Waals surface area contributed by atoms with Crippen LogP contribution >= 0.6 is 11.9 Å². The molecule has 0 aromatic heterocycles. The number of nitrogens with zero attached hydrogens (tertiary/aromatic N) is 1. The van der Waals surface area contributed by atoms with E-state index < -0.39 is 0 Å². The largest absolute Gasteiger partial charge is 0.220 e. The second kappa shape index (κ2) is 5.63. The first-order valence-corrected chi connectivity index (χ1v) is 2.85. The van der Waals surface area contributed by atoms with Crippen molar-refractivity contribution in [2.45, 2.75) is 0 Å². The first-order valence-electron chi connectivity index (χ1n) is 2.01. The van der Waals surface area contributed by atoms with Gasteiger partial charge in [0.2, 0.25) is 0 Å². The Morgan fingerprint density at radius 2 is 2.00 bits per heavy atom. The second-order valence-corrected chi connectivity index (χ2v) is 1.77. The average molecular weight is 134 g/mol. The molecule has 0 saturated heterocycles. The van der Waals surface area contributed by atoms with Crippen molar-refractivity contribution in [2.24, 2.45) is 4.40 Å². The van der Waals surface area contributed by atoms with Crippen LogP contribution in [0.4, 0.5) is 0 Å². The molecule has 3 heteroatoms. The Kier molecular flexibility index (Phi) is 5.99. The predicted octanol–water partition coefficient (Wildman–Crippen LogP) is 1.41. The SMILES string of the molecule is C1=CC=NSC=C1.[Na]. The standard InChI is InChI=1S/C5H5NS.Na/c1-2-4-6-7-5-3-1;/h1-5H;. The number of hydrogen-bond donors (Lipinski definition) is 0. The maximum atomic E-state index is 3.89.